The van der Waals surface area contributed by atoms with Gasteiger partial charge in [0.15, 0.2) is 0 Å². The maximum absolute atomic E-state index is 12.4. The van der Waals surface area contributed by atoms with Crippen LogP contribution >= 0.6 is 35.0 Å². The van der Waals surface area contributed by atoms with Crippen molar-refractivity contribution in [3.63, 3.8) is 0 Å². The number of nitrogens with one attached hydrogen (secondary N) is 1. The van der Waals surface area contributed by atoms with E-state index >= 15 is 0 Å². The van der Waals surface area contributed by atoms with Crippen molar-refractivity contribution in [3.8, 4) is 0 Å². The number of carbonyl (C=O) groups is 1. The number of rotatable bonds is 5. The van der Waals surface area contributed by atoms with Crippen LogP contribution in [0.2, 0.25) is 10.0 Å². The van der Waals surface area contributed by atoms with Crippen molar-refractivity contribution in [2.24, 2.45) is 0 Å². The number of anilines is 2. The van der Waals surface area contributed by atoms with Crippen LogP contribution in [-0.2, 0) is 4.79 Å². The molecule has 0 saturated carbocycles. The monoisotopic (exact) mass is 409 g/mol. The minimum atomic E-state index is -0.0532. The average Bonchev–Trinajstić information content (AvgIpc) is 2.62. The lowest BCUT2D eigenvalue weighted by Gasteiger charge is -2.35. The number of carbonyl (C=O) groups excluding carboxylic acids is 1. The molecule has 1 aliphatic heterocycles. The number of nitrogens with zero attached hydrogens (tertiary/aromatic N) is 2. The van der Waals surface area contributed by atoms with Gasteiger partial charge < -0.3 is 15.1 Å². The molecule has 138 valence electrons. The molecule has 26 heavy (non-hydrogen) atoms. The highest BCUT2D eigenvalue weighted by atomic mass is 35.5. The molecule has 3 rings (SSSR count). The van der Waals surface area contributed by atoms with Crippen molar-refractivity contribution in [1.29, 1.82) is 0 Å². The summed E-state index contributed by atoms with van der Waals surface area (Å²) >= 11 is 13.5. The van der Waals surface area contributed by atoms with Crippen LogP contribution in [0.3, 0.4) is 0 Å². The fraction of sp³-hybridized carbons (Fsp3) is 0.316. The summed E-state index contributed by atoms with van der Waals surface area (Å²) in [5, 5.41) is 4.32. The summed E-state index contributed by atoms with van der Waals surface area (Å²) in [5.41, 5.74) is 1.79. The molecule has 1 amide bonds. The number of amides is 1. The van der Waals surface area contributed by atoms with Crippen LogP contribution < -0.4 is 10.2 Å². The van der Waals surface area contributed by atoms with Crippen LogP contribution in [0.1, 0.15) is 0 Å². The third-order valence-electron chi connectivity index (χ3n) is 4.26. The molecule has 0 bridgehead atoms. The Morgan fingerprint density at radius 2 is 1.69 bits per heavy atom. The molecule has 2 aromatic rings. The zero-order valence-electron chi connectivity index (χ0n) is 14.5. The Morgan fingerprint density at radius 1 is 1.04 bits per heavy atom. The van der Waals surface area contributed by atoms with E-state index in [1.165, 1.54) is 11.8 Å². The lowest BCUT2D eigenvalue weighted by molar-refractivity contribution is -0.113. The normalized spacial score (nSPS) is 15.1. The molecule has 0 spiro atoms. The van der Waals surface area contributed by atoms with Crippen molar-refractivity contribution in [1.82, 2.24) is 4.90 Å². The molecule has 0 radical (unpaired) electrons. The summed E-state index contributed by atoms with van der Waals surface area (Å²) in [6.07, 6.45) is 0. The van der Waals surface area contributed by atoms with Crippen LogP contribution in [0.15, 0.2) is 47.4 Å². The number of likely N-dealkylation sites (N-methyl/N-ethyl adjacent to an activating group) is 1. The second kappa shape index (κ2) is 9.00. The van der Waals surface area contributed by atoms with Crippen molar-refractivity contribution >= 4 is 52.2 Å². The minimum Gasteiger partial charge on any atom is -0.367 e. The van der Waals surface area contributed by atoms with Crippen LogP contribution in [0, 0.1) is 0 Å². The van der Waals surface area contributed by atoms with Crippen molar-refractivity contribution in [2.45, 2.75) is 4.90 Å². The molecule has 0 aliphatic carbocycles. The van der Waals surface area contributed by atoms with E-state index in [0.717, 1.165) is 42.4 Å². The first kappa shape index (κ1) is 19.4. The van der Waals surface area contributed by atoms with Gasteiger partial charge in [0.25, 0.3) is 0 Å². The lowest BCUT2D eigenvalue weighted by Crippen LogP contribution is -2.44. The third-order valence-corrected chi connectivity index (χ3v) is 5.76. The predicted octanol–water partition coefficient (Wildman–Crippen LogP) is 4.48. The van der Waals surface area contributed by atoms with Gasteiger partial charge in [0.2, 0.25) is 5.91 Å². The summed E-state index contributed by atoms with van der Waals surface area (Å²) < 4.78 is 0. The second-order valence-corrected chi connectivity index (χ2v) is 8.16. The molecule has 1 saturated heterocycles. The third kappa shape index (κ3) is 5.30. The van der Waals surface area contributed by atoms with Crippen molar-refractivity contribution in [2.75, 3.05) is 49.2 Å². The molecular formula is C19H21Cl2N3OS. The molecule has 1 N–H and O–H groups in total. The first-order valence-corrected chi connectivity index (χ1v) is 10.2. The Labute approximate surface area is 168 Å². The molecule has 7 heteroatoms. The van der Waals surface area contributed by atoms with Crippen molar-refractivity contribution < 1.29 is 4.79 Å². The van der Waals surface area contributed by atoms with Gasteiger partial charge in [0.1, 0.15) is 0 Å². The molecular weight excluding hydrogens is 389 g/mol. The van der Waals surface area contributed by atoms with Crippen LogP contribution in [0.25, 0.3) is 0 Å². The Balaban J connectivity index is 1.65. The molecule has 0 unspecified atom stereocenters. The Kier molecular flexibility index (Phi) is 6.70. The number of piperazine rings is 1. The van der Waals surface area contributed by atoms with Gasteiger partial charge in [-0.2, -0.15) is 0 Å². The molecule has 4 nitrogen and oxygen atoms in total. The Bertz CT molecular complexity index is 762. The lowest BCUT2D eigenvalue weighted by atomic mass is 10.2. The Morgan fingerprint density at radius 3 is 2.38 bits per heavy atom. The van der Waals surface area contributed by atoms with Gasteiger partial charge in [-0.15, -0.1) is 11.8 Å². The zero-order chi connectivity index (χ0) is 18.5. The maximum atomic E-state index is 12.4. The first-order chi connectivity index (χ1) is 12.5. The summed E-state index contributed by atoms with van der Waals surface area (Å²) in [4.78, 5) is 18.0. The van der Waals surface area contributed by atoms with Gasteiger partial charge in [0.05, 0.1) is 17.1 Å². The minimum absolute atomic E-state index is 0.0532. The van der Waals surface area contributed by atoms with Gasteiger partial charge >= 0.3 is 0 Å². The predicted molar refractivity (Wildman–Crippen MR) is 112 cm³/mol. The quantitative estimate of drug-likeness (QED) is 0.738. The number of benzene rings is 2. The summed E-state index contributed by atoms with van der Waals surface area (Å²) in [6.45, 7) is 3.87. The molecule has 1 heterocycles. The van der Waals surface area contributed by atoms with Crippen LogP contribution in [0.4, 0.5) is 11.4 Å². The highest BCUT2D eigenvalue weighted by Gasteiger charge is 2.18. The SMILES string of the molecule is CN1CCN(c2ccc(Cl)cc2NC(=O)CSc2ccc(Cl)cc2)CC1. The number of hydrogen-bond donors (Lipinski definition) is 1. The van der Waals surface area contributed by atoms with Gasteiger partial charge in [-0.3, -0.25) is 4.79 Å². The van der Waals surface area contributed by atoms with E-state index in [2.05, 4.69) is 22.2 Å². The van der Waals surface area contributed by atoms with E-state index in [9.17, 15) is 4.79 Å². The van der Waals surface area contributed by atoms with Gasteiger partial charge in [-0.1, -0.05) is 23.2 Å². The van der Waals surface area contributed by atoms with E-state index in [1.807, 2.05) is 42.5 Å². The standard InChI is InChI=1S/C19H21Cl2N3OS/c1-23-8-10-24(11-9-23)18-7-4-15(21)12-17(18)22-19(25)13-26-16-5-2-14(20)3-6-16/h2-7,12H,8-11,13H2,1H3,(H,22,25). The number of thioether (sulfide) groups is 1. The van der Waals surface area contributed by atoms with E-state index in [-0.39, 0.29) is 5.91 Å². The van der Waals surface area contributed by atoms with Gasteiger partial charge in [-0.05, 0) is 49.5 Å². The Hall–Kier alpha value is -1.40. The maximum Gasteiger partial charge on any atom is 0.234 e. The molecule has 1 aliphatic rings. The van der Waals surface area contributed by atoms with E-state index in [0.29, 0.717) is 15.8 Å². The summed E-state index contributed by atoms with van der Waals surface area (Å²) in [7, 11) is 2.12. The number of halogens is 2. The van der Waals surface area contributed by atoms with Gasteiger partial charge in [-0.25, -0.2) is 0 Å². The van der Waals surface area contributed by atoms with E-state index < -0.39 is 0 Å². The average molecular weight is 410 g/mol. The highest BCUT2D eigenvalue weighted by molar-refractivity contribution is 8.00. The number of hydrogen-bond acceptors (Lipinski definition) is 4. The van der Waals surface area contributed by atoms with Gasteiger partial charge in [0, 0.05) is 41.1 Å². The molecule has 2 aromatic carbocycles. The zero-order valence-corrected chi connectivity index (χ0v) is 16.9. The smallest absolute Gasteiger partial charge is 0.234 e. The molecule has 0 aromatic heterocycles. The second-order valence-electron chi connectivity index (χ2n) is 6.24. The van der Waals surface area contributed by atoms with E-state index in [1.54, 1.807) is 0 Å². The van der Waals surface area contributed by atoms with Crippen molar-refractivity contribution in [3.05, 3.63) is 52.5 Å². The molecule has 1 fully saturated rings. The topological polar surface area (TPSA) is 35.6 Å². The van der Waals surface area contributed by atoms with E-state index in [4.69, 9.17) is 23.2 Å². The van der Waals surface area contributed by atoms with Crippen LogP contribution in [0.5, 0.6) is 0 Å². The highest BCUT2D eigenvalue weighted by Crippen LogP contribution is 2.30. The fourth-order valence-corrected chi connectivity index (χ4v) is 3.79. The first-order valence-electron chi connectivity index (χ1n) is 8.42. The largest absolute Gasteiger partial charge is 0.367 e. The summed E-state index contributed by atoms with van der Waals surface area (Å²) in [6, 6.07) is 13.1. The summed E-state index contributed by atoms with van der Waals surface area (Å²) in [5.74, 6) is 0.277. The molecule has 0 atom stereocenters. The fourth-order valence-electron chi connectivity index (χ4n) is 2.80. The van der Waals surface area contributed by atoms with Crippen LogP contribution in [-0.4, -0.2) is 49.8 Å².